The molecule has 0 aliphatic heterocycles. The lowest BCUT2D eigenvalue weighted by atomic mass is 10.3. The summed E-state index contributed by atoms with van der Waals surface area (Å²) in [6, 6.07) is 0. The number of nitrogen functional groups attached to an aromatic ring is 1. The van der Waals surface area contributed by atoms with E-state index in [0.717, 1.165) is 0 Å². The molecule has 1 heterocycles. The topological polar surface area (TPSA) is 94.6 Å². The maximum absolute atomic E-state index is 11.0. The highest BCUT2D eigenvalue weighted by molar-refractivity contribution is 7.13. The van der Waals surface area contributed by atoms with Gasteiger partial charge in [-0.15, -0.1) is 11.3 Å². The number of carbonyl (C=O) groups excluding carboxylic acids is 2. The Bertz CT molecular complexity index is 414. The van der Waals surface area contributed by atoms with Gasteiger partial charge in [-0.3, -0.25) is 4.79 Å². The second-order valence-corrected chi connectivity index (χ2v) is 3.77. The first-order valence-electron chi connectivity index (χ1n) is 4.61. The molecule has 86 valence electrons. The lowest BCUT2D eigenvalue weighted by Gasteiger charge is -1.96. The molecular formula is C9H11N3O3S. The van der Waals surface area contributed by atoms with Crippen molar-refractivity contribution in [1.82, 2.24) is 4.98 Å². The molecule has 0 amide bonds. The van der Waals surface area contributed by atoms with Crippen LogP contribution in [0.2, 0.25) is 0 Å². The number of carbonyl (C=O) groups is 2. The largest absolute Gasteiger partial charge is 0.375 e. The van der Waals surface area contributed by atoms with Crippen molar-refractivity contribution in [3.8, 4) is 0 Å². The van der Waals surface area contributed by atoms with Gasteiger partial charge in [-0.05, 0) is 6.42 Å². The third-order valence-corrected chi connectivity index (χ3v) is 2.27. The van der Waals surface area contributed by atoms with Crippen molar-refractivity contribution >= 4 is 34.4 Å². The minimum absolute atomic E-state index is 0.0441. The number of anilines is 1. The fraction of sp³-hybridized carbons (Fsp3) is 0.333. The Kier molecular flexibility index (Phi) is 4.59. The molecule has 0 spiro atoms. The molecule has 0 unspecified atom stereocenters. The quantitative estimate of drug-likeness (QED) is 0.359. The molecule has 6 nitrogen and oxygen atoms in total. The standard InChI is InChI=1S/C9H11N3O3S/c1-2-3-8(14)15-12-6(4-13)7-5-16-9(10)11-7/h4-5H,2-3H2,1H3,(H2,10,11). The van der Waals surface area contributed by atoms with Crippen molar-refractivity contribution in [2.45, 2.75) is 19.8 Å². The van der Waals surface area contributed by atoms with E-state index in [4.69, 9.17) is 5.73 Å². The number of nitrogens with zero attached hydrogens (tertiary/aromatic N) is 2. The van der Waals surface area contributed by atoms with E-state index in [1.807, 2.05) is 6.92 Å². The van der Waals surface area contributed by atoms with Crippen LogP contribution in [0.3, 0.4) is 0 Å². The van der Waals surface area contributed by atoms with Crippen LogP contribution in [-0.2, 0) is 14.4 Å². The van der Waals surface area contributed by atoms with E-state index in [-0.39, 0.29) is 12.1 Å². The molecule has 0 aromatic carbocycles. The molecule has 1 aromatic heterocycles. The van der Waals surface area contributed by atoms with Gasteiger partial charge in [0.05, 0.1) is 0 Å². The molecule has 0 saturated heterocycles. The number of nitrogens with two attached hydrogens (primary N) is 1. The first kappa shape index (κ1) is 12.3. The highest BCUT2D eigenvalue weighted by atomic mass is 32.1. The maximum atomic E-state index is 11.0. The van der Waals surface area contributed by atoms with Gasteiger partial charge in [-0.2, -0.15) is 0 Å². The molecule has 1 aromatic rings. The minimum Gasteiger partial charge on any atom is -0.375 e. The Balaban J connectivity index is 2.71. The number of aldehydes is 1. The van der Waals surface area contributed by atoms with E-state index in [9.17, 15) is 9.59 Å². The van der Waals surface area contributed by atoms with Gasteiger partial charge in [0.1, 0.15) is 5.69 Å². The van der Waals surface area contributed by atoms with Crippen molar-refractivity contribution in [3.63, 3.8) is 0 Å². The van der Waals surface area contributed by atoms with Gasteiger partial charge in [-0.1, -0.05) is 12.1 Å². The summed E-state index contributed by atoms with van der Waals surface area (Å²) < 4.78 is 0. The molecule has 16 heavy (non-hydrogen) atoms. The number of hydrogen-bond donors (Lipinski definition) is 1. The summed E-state index contributed by atoms with van der Waals surface area (Å²) in [4.78, 5) is 30.1. The van der Waals surface area contributed by atoms with E-state index in [1.165, 1.54) is 11.3 Å². The molecule has 0 radical (unpaired) electrons. The molecular weight excluding hydrogens is 230 g/mol. The Morgan fingerprint density at radius 2 is 2.50 bits per heavy atom. The summed E-state index contributed by atoms with van der Waals surface area (Å²) in [6.45, 7) is 1.84. The highest BCUT2D eigenvalue weighted by Gasteiger charge is 2.09. The van der Waals surface area contributed by atoms with Crippen LogP contribution >= 0.6 is 11.3 Å². The van der Waals surface area contributed by atoms with E-state index < -0.39 is 5.97 Å². The summed E-state index contributed by atoms with van der Waals surface area (Å²) in [5.74, 6) is -0.481. The third-order valence-electron chi connectivity index (χ3n) is 1.60. The highest BCUT2D eigenvalue weighted by Crippen LogP contribution is 2.11. The first-order valence-corrected chi connectivity index (χ1v) is 5.49. The number of rotatable bonds is 5. The summed E-state index contributed by atoms with van der Waals surface area (Å²) in [5, 5.41) is 5.32. The zero-order valence-electron chi connectivity index (χ0n) is 8.67. The molecule has 0 aliphatic carbocycles. The first-order chi connectivity index (χ1) is 7.67. The fourth-order valence-corrected chi connectivity index (χ4v) is 1.44. The summed E-state index contributed by atoms with van der Waals surface area (Å²) in [6.07, 6.45) is 1.39. The second-order valence-electron chi connectivity index (χ2n) is 2.88. The summed E-state index contributed by atoms with van der Waals surface area (Å²) >= 11 is 1.18. The molecule has 0 aliphatic rings. The number of thiazole rings is 1. The van der Waals surface area contributed by atoms with Crippen LogP contribution in [0.4, 0.5) is 5.13 Å². The van der Waals surface area contributed by atoms with Crippen molar-refractivity contribution < 1.29 is 14.4 Å². The van der Waals surface area contributed by atoms with Gasteiger partial charge < -0.3 is 10.6 Å². The van der Waals surface area contributed by atoms with Crippen LogP contribution in [-0.4, -0.2) is 23.0 Å². The minimum atomic E-state index is -0.481. The monoisotopic (exact) mass is 241 g/mol. The van der Waals surface area contributed by atoms with Crippen molar-refractivity contribution in [1.29, 1.82) is 0 Å². The van der Waals surface area contributed by atoms with Crippen LogP contribution in [0.1, 0.15) is 25.5 Å². The van der Waals surface area contributed by atoms with Crippen molar-refractivity contribution in [3.05, 3.63) is 11.1 Å². The molecule has 0 fully saturated rings. The van der Waals surface area contributed by atoms with Crippen molar-refractivity contribution in [2.24, 2.45) is 5.16 Å². The number of hydrogen-bond acceptors (Lipinski definition) is 7. The zero-order valence-corrected chi connectivity index (χ0v) is 9.49. The zero-order chi connectivity index (χ0) is 12.0. The summed E-state index contributed by atoms with van der Waals surface area (Å²) in [5.41, 5.74) is 5.67. The molecule has 7 heteroatoms. The Morgan fingerprint density at radius 3 is 3.00 bits per heavy atom. The number of oxime groups is 1. The van der Waals surface area contributed by atoms with E-state index in [2.05, 4.69) is 15.0 Å². The Labute approximate surface area is 96.1 Å². The normalized spacial score (nSPS) is 11.2. The van der Waals surface area contributed by atoms with Crippen LogP contribution in [0.5, 0.6) is 0 Å². The molecule has 2 N–H and O–H groups in total. The fourth-order valence-electron chi connectivity index (χ4n) is 0.884. The van der Waals surface area contributed by atoms with Crippen LogP contribution in [0.25, 0.3) is 0 Å². The predicted molar refractivity (Wildman–Crippen MR) is 60.1 cm³/mol. The average molecular weight is 241 g/mol. The average Bonchev–Trinajstić information content (AvgIpc) is 2.66. The van der Waals surface area contributed by atoms with Gasteiger partial charge in [-0.25, -0.2) is 9.78 Å². The van der Waals surface area contributed by atoms with E-state index >= 15 is 0 Å². The van der Waals surface area contributed by atoms with Crippen LogP contribution < -0.4 is 5.73 Å². The maximum Gasteiger partial charge on any atom is 0.335 e. The van der Waals surface area contributed by atoms with Gasteiger partial charge >= 0.3 is 5.97 Å². The molecule has 0 saturated carbocycles. The molecule has 0 atom stereocenters. The van der Waals surface area contributed by atoms with Crippen molar-refractivity contribution in [2.75, 3.05) is 5.73 Å². The van der Waals surface area contributed by atoms with Gasteiger partial charge in [0.15, 0.2) is 17.1 Å². The molecule has 0 bridgehead atoms. The smallest absolute Gasteiger partial charge is 0.335 e. The summed E-state index contributed by atoms with van der Waals surface area (Å²) in [7, 11) is 0. The Hall–Kier alpha value is -1.76. The third kappa shape index (κ3) is 3.43. The Morgan fingerprint density at radius 1 is 1.75 bits per heavy atom. The predicted octanol–water partition coefficient (Wildman–Crippen LogP) is 0.972. The lowest BCUT2D eigenvalue weighted by Crippen LogP contribution is -2.07. The van der Waals surface area contributed by atoms with Crippen LogP contribution in [0, 0.1) is 0 Å². The molecule has 1 rings (SSSR count). The van der Waals surface area contributed by atoms with Crippen LogP contribution in [0.15, 0.2) is 10.5 Å². The van der Waals surface area contributed by atoms with E-state index in [1.54, 1.807) is 5.38 Å². The lowest BCUT2D eigenvalue weighted by molar-refractivity contribution is -0.143. The van der Waals surface area contributed by atoms with Gasteiger partial charge in [0, 0.05) is 11.8 Å². The second kappa shape index (κ2) is 5.96. The van der Waals surface area contributed by atoms with Gasteiger partial charge in [0.25, 0.3) is 0 Å². The SMILES string of the molecule is CCCC(=O)ON=C(C=O)c1csc(N)n1. The van der Waals surface area contributed by atoms with Gasteiger partial charge in [0.2, 0.25) is 0 Å². The number of aromatic nitrogens is 1. The van der Waals surface area contributed by atoms with E-state index in [0.29, 0.717) is 23.5 Å².